The Morgan fingerprint density at radius 2 is 2.37 bits per heavy atom. The van der Waals surface area contributed by atoms with E-state index in [9.17, 15) is 9.59 Å². The SMILES string of the molecule is COc1cccc(C(N)[C@H]2CCC(=O)N2CCSc2nc(C(=O)O)cs2)c1. The van der Waals surface area contributed by atoms with Gasteiger partial charge < -0.3 is 20.5 Å². The number of likely N-dealkylation sites (tertiary alicyclic amines) is 1. The fourth-order valence-electron chi connectivity index (χ4n) is 3.14. The normalized spacial score (nSPS) is 17.9. The molecule has 9 heteroatoms. The standard InChI is InChI=1S/C18H21N3O4S2/c1-25-12-4-2-3-11(9-12)16(19)14-5-6-15(22)21(14)7-8-26-18-20-13(10-27-18)17(23)24/h2-4,9-10,14,16H,5-8,19H2,1H3,(H,23,24)/t14-,16?/m1/s1. The van der Waals surface area contributed by atoms with Gasteiger partial charge in [0.05, 0.1) is 19.2 Å². The molecule has 1 aromatic heterocycles. The third kappa shape index (κ3) is 4.60. The molecule has 2 aromatic rings. The van der Waals surface area contributed by atoms with E-state index in [0.29, 0.717) is 23.1 Å². The summed E-state index contributed by atoms with van der Waals surface area (Å²) in [6.07, 6.45) is 1.22. The van der Waals surface area contributed by atoms with E-state index in [0.717, 1.165) is 17.7 Å². The molecule has 1 aliphatic heterocycles. The minimum Gasteiger partial charge on any atom is -0.497 e. The van der Waals surface area contributed by atoms with Gasteiger partial charge in [0, 0.05) is 24.1 Å². The lowest BCUT2D eigenvalue weighted by atomic mass is 9.98. The van der Waals surface area contributed by atoms with Gasteiger partial charge in [0.2, 0.25) is 5.91 Å². The smallest absolute Gasteiger partial charge is 0.355 e. The van der Waals surface area contributed by atoms with E-state index in [1.54, 1.807) is 7.11 Å². The number of amides is 1. The number of ether oxygens (including phenoxy) is 1. The Morgan fingerprint density at radius 3 is 3.07 bits per heavy atom. The number of carboxylic acid groups (broad SMARTS) is 1. The van der Waals surface area contributed by atoms with Crippen LogP contribution in [0.2, 0.25) is 0 Å². The second-order valence-electron chi connectivity index (χ2n) is 6.15. The zero-order chi connectivity index (χ0) is 19.4. The minimum absolute atomic E-state index is 0.0534. The Labute approximate surface area is 165 Å². The highest BCUT2D eigenvalue weighted by atomic mass is 32.2. The molecule has 7 nitrogen and oxygen atoms in total. The van der Waals surface area contributed by atoms with Crippen LogP contribution < -0.4 is 10.5 Å². The maximum atomic E-state index is 12.3. The van der Waals surface area contributed by atoms with Crippen LogP contribution in [0.25, 0.3) is 0 Å². The predicted molar refractivity (Wildman–Crippen MR) is 104 cm³/mol. The molecule has 1 aliphatic rings. The molecule has 0 saturated carbocycles. The number of nitrogens with zero attached hydrogens (tertiary/aromatic N) is 2. The number of carbonyl (C=O) groups is 2. The van der Waals surface area contributed by atoms with Crippen molar-refractivity contribution in [2.45, 2.75) is 29.3 Å². The molecule has 0 spiro atoms. The van der Waals surface area contributed by atoms with Crippen molar-refractivity contribution >= 4 is 35.0 Å². The number of carbonyl (C=O) groups excluding carboxylic acids is 1. The van der Waals surface area contributed by atoms with E-state index in [2.05, 4.69) is 4.98 Å². The van der Waals surface area contributed by atoms with Crippen LogP contribution in [0.4, 0.5) is 0 Å². The fraction of sp³-hybridized carbons (Fsp3) is 0.389. The molecular weight excluding hydrogens is 386 g/mol. The van der Waals surface area contributed by atoms with Crippen LogP contribution in [0.5, 0.6) is 5.75 Å². The first kappa shape index (κ1) is 19.7. The quantitative estimate of drug-likeness (QED) is 0.648. The molecule has 2 atom stereocenters. The molecule has 1 fully saturated rings. The molecule has 1 saturated heterocycles. The number of methoxy groups -OCH3 is 1. The zero-order valence-corrected chi connectivity index (χ0v) is 16.5. The van der Waals surface area contributed by atoms with Gasteiger partial charge in [0.25, 0.3) is 0 Å². The average Bonchev–Trinajstić information content (AvgIpc) is 3.29. The van der Waals surface area contributed by atoms with Crippen molar-refractivity contribution in [1.29, 1.82) is 0 Å². The summed E-state index contributed by atoms with van der Waals surface area (Å²) in [5, 5.41) is 10.5. The Bertz CT molecular complexity index is 826. The lowest BCUT2D eigenvalue weighted by molar-refractivity contribution is -0.128. The fourth-order valence-corrected chi connectivity index (χ4v) is 4.95. The number of rotatable bonds is 8. The van der Waals surface area contributed by atoms with Crippen LogP contribution in [0.3, 0.4) is 0 Å². The zero-order valence-electron chi connectivity index (χ0n) is 14.8. The van der Waals surface area contributed by atoms with Crippen LogP contribution >= 0.6 is 23.1 Å². The van der Waals surface area contributed by atoms with Crippen molar-refractivity contribution in [2.75, 3.05) is 19.4 Å². The first-order chi connectivity index (χ1) is 13.0. The lowest BCUT2D eigenvalue weighted by Gasteiger charge is -2.29. The topological polar surface area (TPSA) is 106 Å². The number of aromatic carboxylic acids is 1. The van der Waals surface area contributed by atoms with Crippen LogP contribution in [0, 0.1) is 0 Å². The highest BCUT2D eigenvalue weighted by Crippen LogP contribution is 2.31. The number of hydrogen-bond donors (Lipinski definition) is 2. The number of aromatic nitrogens is 1. The summed E-state index contributed by atoms with van der Waals surface area (Å²) in [5.41, 5.74) is 7.46. The molecule has 0 aliphatic carbocycles. The summed E-state index contributed by atoms with van der Waals surface area (Å²) < 4.78 is 5.95. The van der Waals surface area contributed by atoms with Crippen molar-refractivity contribution in [3.63, 3.8) is 0 Å². The van der Waals surface area contributed by atoms with E-state index >= 15 is 0 Å². The summed E-state index contributed by atoms with van der Waals surface area (Å²) in [4.78, 5) is 29.1. The second-order valence-corrected chi connectivity index (χ2v) is 8.35. The van der Waals surface area contributed by atoms with Crippen LogP contribution in [-0.2, 0) is 4.79 Å². The Balaban J connectivity index is 1.62. The maximum absolute atomic E-state index is 12.3. The Kier molecular flexibility index (Phi) is 6.35. The average molecular weight is 408 g/mol. The molecule has 2 heterocycles. The minimum atomic E-state index is -1.03. The van der Waals surface area contributed by atoms with E-state index in [4.69, 9.17) is 15.6 Å². The summed E-state index contributed by atoms with van der Waals surface area (Å²) in [6, 6.07) is 7.28. The summed E-state index contributed by atoms with van der Waals surface area (Å²) >= 11 is 2.75. The lowest BCUT2D eigenvalue weighted by Crippen LogP contribution is -2.41. The third-order valence-corrected chi connectivity index (χ3v) is 6.53. The van der Waals surface area contributed by atoms with E-state index in [-0.39, 0.29) is 23.7 Å². The molecule has 0 bridgehead atoms. The molecule has 0 radical (unpaired) electrons. The Hall–Kier alpha value is -2.10. The number of benzene rings is 1. The van der Waals surface area contributed by atoms with Crippen LogP contribution in [-0.4, -0.2) is 52.3 Å². The molecule has 1 unspecified atom stereocenters. The van der Waals surface area contributed by atoms with E-state index in [1.807, 2.05) is 29.2 Å². The molecule has 3 rings (SSSR count). The number of carboxylic acids is 1. The summed E-state index contributed by atoms with van der Waals surface area (Å²) in [5.74, 6) is 0.452. The van der Waals surface area contributed by atoms with Crippen molar-refractivity contribution < 1.29 is 19.4 Å². The molecule has 144 valence electrons. The van der Waals surface area contributed by atoms with Crippen molar-refractivity contribution in [3.8, 4) is 5.75 Å². The predicted octanol–water partition coefficient (Wildman–Crippen LogP) is 2.63. The first-order valence-corrected chi connectivity index (χ1v) is 10.4. The largest absolute Gasteiger partial charge is 0.497 e. The number of thiazole rings is 1. The molecular formula is C18H21N3O4S2. The number of nitrogens with two attached hydrogens (primary N) is 1. The van der Waals surface area contributed by atoms with Gasteiger partial charge in [-0.05, 0) is 24.1 Å². The monoisotopic (exact) mass is 407 g/mol. The van der Waals surface area contributed by atoms with E-state index < -0.39 is 5.97 Å². The molecule has 1 aromatic carbocycles. The van der Waals surface area contributed by atoms with Gasteiger partial charge in [-0.1, -0.05) is 23.9 Å². The summed E-state index contributed by atoms with van der Waals surface area (Å²) in [7, 11) is 1.61. The molecule has 1 amide bonds. The first-order valence-electron chi connectivity index (χ1n) is 8.50. The maximum Gasteiger partial charge on any atom is 0.355 e. The highest BCUT2D eigenvalue weighted by Gasteiger charge is 2.35. The van der Waals surface area contributed by atoms with Crippen LogP contribution in [0.1, 0.15) is 34.9 Å². The van der Waals surface area contributed by atoms with Gasteiger partial charge in [-0.2, -0.15) is 0 Å². The van der Waals surface area contributed by atoms with Gasteiger partial charge in [-0.3, -0.25) is 4.79 Å². The molecule has 3 N–H and O–H groups in total. The summed E-state index contributed by atoms with van der Waals surface area (Å²) in [6.45, 7) is 0.549. The van der Waals surface area contributed by atoms with Crippen molar-refractivity contribution in [3.05, 3.63) is 40.9 Å². The van der Waals surface area contributed by atoms with Crippen LogP contribution in [0.15, 0.2) is 34.0 Å². The second kappa shape index (κ2) is 8.73. The highest BCUT2D eigenvalue weighted by molar-refractivity contribution is 8.01. The Morgan fingerprint density at radius 1 is 1.56 bits per heavy atom. The van der Waals surface area contributed by atoms with Gasteiger partial charge in [0.15, 0.2) is 10.0 Å². The molecule has 27 heavy (non-hydrogen) atoms. The van der Waals surface area contributed by atoms with Gasteiger partial charge >= 0.3 is 5.97 Å². The third-order valence-electron chi connectivity index (χ3n) is 4.53. The van der Waals surface area contributed by atoms with Gasteiger partial charge in [-0.25, -0.2) is 9.78 Å². The van der Waals surface area contributed by atoms with Gasteiger partial charge in [0.1, 0.15) is 5.75 Å². The van der Waals surface area contributed by atoms with E-state index in [1.165, 1.54) is 28.5 Å². The number of hydrogen-bond acceptors (Lipinski definition) is 7. The van der Waals surface area contributed by atoms with Gasteiger partial charge in [-0.15, -0.1) is 11.3 Å². The number of thioether (sulfide) groups is 1. The van der Waals surface area contributed by atoms with Crippen molar-refractivity contribution in [2.24, 2.45) is 5.73 Å². The van der Waals surface area contributed by atoms with Crippen molar-refractivity contribution in [1.82, 2.24) is 9.88 Å².